The fourth-order valence-electron chi connectivity index (χ4n) is 3.03. The summed E-state index contributed by atoms with van der Waals surface area (Å²) in [6.07, 6.45) is 2.77. The molecule has 7 heteroatoms. The van der Waals surface area contributed by atoms with Crippen LogP contribution in [0.15, 0.2) is 36.0 Å². The molecule has 1 atom stereocenters. The molecule has 3 aromatic heterocycles. The van der Waals surface area contributed by atoms with Gasteiger partial charge in [-0.3, -0.25) is 9.78 Å². The first kappa shape index (κ1) is 16.7. The van der Waals surface area contributed by atoms with Crippen LogP contribution in [0, 0.1) is 6.92 Å². The third kappa shape index (κ3) is 2.94. The second kappa shape index (κ2) is 6.49. The van der Waals surface area contributed by atoms with Gasteiger partial charge in [-0.1, -0.05) is 24.3 Å². The predicted octanol–water partition coefficient (Wildman–Crippen LogP) is 3.70. The van der Waals surface area contributed by atoms with Crippen LogP contribution in [-0.2, 0) is 6.42 Å². The van der Waals surface area contributed by atoms with Crippen molar-refractivity contribution in [1.82, 2.24) is 24.9 Å². The highest BCUT2D eigenvalue weighted by atomic mass is 32.1. The lowest BCUT2D eigenvalue weighted by Gasteiger charge is -2.14. The van der Waals surface area contributed by atoms with Gasteiger partial charge in [-0.25, -0.2) is 9.50 Å². The van der Waals surface area contributed by atoms with Crippen molar-refractivity contribution in [1.29, 1.82) is 0 Å². The molecular formula is C19H19N5OS. The smallest absolute Gasteiger partial charge is 0.252 e. The summed E-state index contributed by atoms with van der Waals surface area (Å²) in [6.45, 7) is 5.93. The standard InChI is InChI=1S/C19H19N5OS/c1-4-13-5-6-16-14(8-13)15(7-11(2)21-16)18(25)22-12(3)17-9-24-19(23-17)26-10-20-24/h5-10,12H,4H2,1-3H3,(H,22,25)/t12-/m1/s1. The van der Waals surface area contributed by atoms with Gasteiger partial charge in [0.1, 0.15) is 5.51 Å². The molecule has 0 fully saturated rings. The van der Waals surface area contributed by atoms with Crippen LogP contribution in [0.25, 0.3) is 15.9 Å². The molecule has 0 saturated carbocycles. The topological polar surface area (TPSA) is 72.2 Å². The average molecular weight is 365 g/mol. The van der Waals surface area contributed by atoms with Crippen molar-refractivity contribution >= 4 is 33.1 Å². The molecule has 0 radical (unpaired) electrons. The van der Waals surface area contributed by atoms with Crippen LogP contribution in [0.2, 0.25) is 0 Å². The highest BCUT2D eigenvalue weighted by Gasteiger charge is 2.18. The Labute approximate surface area is 154 Å². The number of fused-ring (bicyclic) bond motifs is 2. The van der Waals surface area contributed by atoms with Gasteiger partial charge >= 0.3 is 0 Å². The summed E-state index contributed by atoms with van der Waals surface area (Å²) in [5.74, 6) is -0.120. The van der Waals surface area contributed by atoms with Gasteiger partial charge in [-0.2, -0.15) is 5.10 Å². The molecule has 26 heavy (non-hydrogen) atoms. The van der Waals surface area contributed by atoms with E-state index in [9.17, 15) is 4.79 Å². The second-order valence-corrected chi connectivity index (χ2v) is 7.15. The molecule has 6 nitrogen and oxygen atoms in total. The summed E-state index contributed by atoms with van der Waals surface area (Å²) >= 11 is 1.47. The zero-order valence-electron chi connectivity index (χ0n) is 14.9. The molecule has 1 amide bonds. The van der Waals surface area contributed by atoms with Crippen molar-refractivity contribution in [3.8, 4) is 0 Å². The van der Waals surface area contributed by atoms with Crippen LogP contribution < -0.4 is 5.32 Å². The Kier molecular flexibility index (Phi) is 4.16. The van der Waals surface area contributed by atoms with E-state index in [2.05, 4.69) is 39.4 Å². The number of hydrogen-bond acceptors (Lipinski definition) is 5. The lowest BCUT2D eigenvalue weighted by Crippen LogP contribution is -2.27. The van der Waals surface area contributed by atoms with E-state index >= 15 is 0 Å². The quantitative estimate of drug-likeness (QED) is 0.598. The Morgan fingerprint density at radius 1 is 1.31 bits per heavy atom. The van der Waals surface area contributed by atoms with Crippen molar-refractivity contribution in [2.45, 2.75) is 33.2 Å². The fourth-order valence-corrected chi connectivity index (χ4v) is 3.63. The third-order valence-electron chi connectivity index (χ3n) is 4.45. The number of aryl methyl sites for hydroxylation is 2. The molecule has 0 aliphatic carbocycles. The Morgan fingerprint density at radius 3 is 2.92 bits per heavy atom. The van der Waals surface area contributed by atoms with Gasteiger partial charge in [-0.05, 0) is 44.0 Å². The molecule has 0 aliphatic heterocycles. The molecule has 1 aromatic carbocycles. The molecule has 0 bridgehead atoms. The fraction of sp³-hybridized carbons (Fsp3) is 0.263. The minimum atomic E-state index is -0.214. The normalized spacial score (nSPS) is 12.6. The van der Waals surface area contributed by atoms with Crippen molar-refractivity contribution < 1.29 is 4.79 Å². The number of amides is 1. The predicted molar refractivity (Wildman–Crippen MR) is 103 cm³/mol. The van der Waals surface area contributed by atoms with Crippen molar-refractivity contribution in [3.05, 3.63) is 58.5 Å². The number of carbonyl (C=O) groups excluding carboxylic acids is 1. The Hall–Kier alpha value is -2.80. The van der Waals surface area contributed by atoms with E-state index in [0.29, 0.717) is 5.56 Å². The highest BCUT2D eigenvalue weighted by molar-refractivity contribution is 7.14. The molecular weight excluding hydrogens is 346 g/mol. The summed E-state index contributed by atoms with van der Waals surface area (Å²) in [5.41, 5.74) is 6.03. The van der Waals surface area contributed by atoms with Crippen LogP contribution in [0.3, 0.4) is 0 Å². The van der Waals surface area contributed by atoms with Crippen LogP contribution in [-0.4, -0.2) is 25.5 Å². The first-order valence-corrected chi connectivity index (χ1v) is 9.43. The van der Waals surface area contributed by atoms with Crippen LogP contribution in [0.5, 0.6) is 0 Å². The van der Waals surface area contributed by atoms with Gasteiger partial charge in [0.15, 0.2) is 0 Å². The highest BCUT2D eigenvalue weighted by Crippen LogP contribution is 2.22. The maximum atomic E-state index is 13.0. The lowest BCUT2D eigenvalue weighted by molar-refractivity contribution is 0.0940. The molecule has 0 unspecified atom stereocenters. The molecule has 0 spiro atoms. The van der Waals surface area contributed by atoms with Gasteiger partial charge in [0.05, 0.1) is 29.0 Å². The number of aromatic nitrogens is 4. The summed E-state index contributed by atoms with van der Waals surface area (Å²) in [4.78, 5) is 22.8. The summed E-state index contributed by atoms with van der Waals surface area (Å²) in [7, 11) is 0. The summed E-state index contributed by atoms with van der Waals surface area (Å²) in [6, 6.07) is 7.73. The van der Waals surface area contributed by atoms with Crippen molar-refractivity contribution in [2.24, 2.45) is 0 Å². The zero-order chi connectivity index (χ0) is 18.3. The third-order valence-corrected chi connectivity index (χ3v) is 5.14. The van der Waals surface area contributed by atoms with E-state index in [4.69, 9.17) is 0 Å². The minimum absolute atomic E-state index is 0.120. The first-order chi connectivity index (χ1) is 12.5. The van der Waals surface area contributed by atoms with Gasteiger partial charge in [0, 0.05) is 11.1 Å². The Bertz CT molecular complexity index is 1090. The monoisotopic (exact) mass is 365 g/mol. The van der Waals surface area contributed by atoms with Gasteiger partial charge in [0.2, 0.25) is 4.96 Å². The van der Waals surface area contributed by atoms with E-state index in [1.165, 1.54) is 16.9 Å². The van der Waals surface area contributed by atoms with Crippen LogP contribution >= 0.6 is 11.3 Å². The number of hydrogen-bond donors (Lipinski definition) is 1. The van der Waals surface area contributed by atoms with Crippen molar-refractivity contribution in [3.63, 3.8) is 0 Å². The number of rotatable bonds is 4. The molecule has 3 heterocycles. The lowest BCUT2D eigenvalue weighted by atomic mass is 10.0. The zero-order valence-corrected chi connectivity index (χ0v) is 15.7. The molecule has 0 saturated heterocycles. The number of nitrogens with one attached hydrogen (secondary N) is 1. The van der Waals surface area contributed by atoms with E-state index in [1.807, 2.05) is 32.2 Å². The van der Waals surface area contributed by atoms with Crippen molar-refractivity contribution in [2.75, 3.05) is 0 Å². The molecule has 4 rings (SSSR count). The second-order valence-electron chi connectivity index (χ2n) is 6.34. The van der Waals surface area contributed by atoms with E-state index in [1.54, 1.807) is 10.0 Å². The number of nitrogens with zero attached hydrogens (tertiary/aromatic N) is 4. The first-order valence-electron chi connectivity index (χ1n) is 8.55. The minimum Gasteiger partial charge on any atom is -0.344 e. The van der Waals surface area contributed by atoms with Gasteiger partial charge in [0.25, 0.3) is 5.91 Å². The summed E-state index contributed by atoms with van der Waals surface area (Å²) in [5, 5.41) is 8.12. The number of carbonyl (C=O) groups is 1. The van der Waals surface area contributed by atoms with E-state index in [0.717, 1.165) is 33.7 Å². The maximum absolute atomic E-state index is 13.0. The van der Waals surface area contributed by atoms with Crippen LogP contribution in [0.1, 0.15) is 47.2 Å². The summed E-state index contributed by atoms with van der Waals surface area (Å²) < 4.78 is 1.72. The number of benzene rings is 1. The molecule has 0 aliphatic rings. The number of pyridine rings is 1. The maximum Gasteiger partial charge on any atom is 0.252 e. The molecule has 1 N–H and O–H groups in total. The SMILES string of the molecule is CCc1ccc2nc(C)cc(C(=O)N[C@H](C)c3cn4ncsc4n3)c2c1. The van der Waals surface area contributed by atoms with Crippen LogP contribution in [0.4, 0.5) is 0 Å². The Balaban J connectivity index is 1.67. The van der Waals surface area contributed by atoms with Gasteiger partial charge in [-0.15, -0.1) is 0 Å². The molecule has 132 valence electrons. The average Bonchev–Trinajstić information content (AvgIpc) is 3.22. The Morgan fingerprint density at radius 2 is 2.15 bits per heavy atom. The largest absolute Gasteiger partial charge is 0.344 e. The van der Waals surface area contributed by atoms with E-state index in [-0.39, 0.29) is 11.9 Å². The van der Waals surface area contributed by atoms with Gasteiger partial charge < -0.3 is 5.32 Å². The molecule has 4 aromatic rings. The number of imidazole rings is 1. The van der Waals surface area contributed by atoms with E-state index < -0.39 is 0 Å².